The van der Waals surface area contributed by atoms with Gasteiger partial charge in [-0.05, 0) is 50.8 Å². The molecule has 2 heterocycles. The van der Waals surface area contributed by atoms with E-state index in [1.165, 1.54) is 44.5 Å². The first-order valence-electron chi connectivity index (χ1n) is 8.08. The Balaban J connectivity index is 1.49. The van der Waals surface area contributed by atoms with Crippen LogP contribution in [0.5, 0.6) is 0 Å². The fraction of sp³-hybridized carbons (Fsp3) is 0.500. The molecule has 3 rings (SSSR count). The molecule has 0 N–H and O–H groups in total. The van der Waals surface area contributed by atoms with E-state index in [4.69, 9.17) is 0 Å². The maximum Gasteiger partial charge on any atom is 0.105 e. The molecule has 1 saturated heterocycles. The Hall–Kier alpha value is -1.61. The molecule has 1 atom stereocenters. The third kappa shape index (κ3) is 3.73. The van der Waals surface area contributed by atoms with Crippen LogP contribution in [0, 0.1) is 6.92 Å². The third-order valence-corrected chi connectivity index (χ3v) is 4.57. The van der Waals surface area contributed by atoms with Gasteiger partial charge in [-0.15, -0.1) is 0 Å². The highest BCUT2D eigenvalue weighted by Crippen LogP contribution is 2.26. The maximum absolute atomic E-state index is 4.28. The molecule has 2 aromatic rings. The van der Waals surface area contributed by atoms with Crippen LogP contribution < -0.4 is 0 Å². The summed E-state index contributed by atoms with van der Waals surface area (Å²) in [5.41, 5.74) is 1.51. The van der Waals surface area contributed by atoms with E-state index in [2.05, 4.69) is 57.9 Å². The Bertz CT molecular complexity index is 547. The van der Waals surface area contributed by atoms with Gasteiger partial charge in [0.2, 0.25) is 0 Å². The summed E-state index contributed by atoms with van der Waals surface area (Å²) in [5.74, 6) is 1.84. The van der Waals surface area contributed by atoms with E-state index in [9.17, 15) is 0 Å². The molecule has 1 unspecified atom stereocenters. The van der Waals surface area contributed by atoms with Crippen molar-refractivity contribution in [2.75, 3.05) is 19.6 Å². The summed E-state index contributed by atoms with van der Waals surface area (Å²) >= 11 is 0. The van der Waals surface area contributed by atoms with E-state index in [1.54, 1.807) is 0 Å². The van der Waals surface area contributed by atoms with E-state index < -0.39 is 0 Å². The second kappa shape index (κ2) is 6.90. The number of aromatic nitrogens is 2. The number of nitrogens with zero attached hydrogens (tertiary/aromatic N) is 3. The van der Waals surface area contributed by atoms with Gasteiger partial charge in [0, 0.05) is 25.5 Å². The third-order valence-electron chi connectivity index (χ3n) is 4.57. The molecule has 0 saturated carbocycles. The summed E-state index contributed by atoms with van der Waals surface area (Å²) in [6, 6.07) is 11.0. The average Bonchev–Trinajstić information content (AvgIpc) is 2.94. The Morgan fingerprint density at radius 2 is 2.05 bits per heavy atom. The summed E-state index contributed by atoms with van der Waals surface area (Å²) in [6.07, 6.45) is 7.84. The Morgan fingerprint density at radius 1 is 1.19 bits per heavy atom. The van der Waals surface area contributed by atoms with Crippen LogP contribution in [0.25, 0.3) is 0 Å². The monoisotopic (exact) mass is 283 g/mol. The minimum atomic E-state index is 0.718. The summed E-state index contributed by atoms with van der Waals surface area (Å²) in [7, 11) is 0. The first-order chi connectivity index (χ1) is 10.3. The summed E-state index contributed by atoms with van der Waals surface area (Å²) in [5, 5.41) is 0. The summed E-state index contributed by atoms with van der Waals surface area (Å²) in [6.45, 7) is 6.82. The summed E-state index contributed by atoms with van der Waals surface area (Å²) < 4.78 is 2.25. The van der Waals surface area contributed by atoms with Crippen LogP contribution in [0.3, 0.4) is 0 Å². The van der Waals surface area contributed by atoms with Gasteiger partial charge < -0.3 is 9.47 Å². The number of benzene rings is 1. The largest absolute Gasteiger partial charge is 0.335 e. The SMILES string of the molecule is Cc1nccn1CCCN1CCCC(c2ccccc2)C1. The smallest absolute Gasteiger partial charge is 0.105 e. The predicted octanol–water partition coefficient (Wildman–Crippen LogP) is 3.46. The zero-order chi connectivity index (χ0) is 14.5. The molecule has 1 aromatic carbocycles. The Morgan fingerprint density at radius 3 is 2.81 bits per heavy atom. The molecule has 0 bridgehead atoms. The van der Waals surface area contributed by atoms with Gasteiger partial charge in [0.15, 0.2) is 0 Å². The zero-order valence-electron chi connectivity index (χ0n) is 12.9. The lowest BCUT2D eigenvalue weighted by atomic mass is 9.90. The van der Waals surface area contributed by atoms with Crippen LogP contribution in [-0.2, 0) is 6.54 Å². The van der Waals surface area contributed by atoms with Crippen molar-refractivity contribution in [1.29, 1.82) is 0 Å². The maximum atomic E-state index is 4.28. The number of hydrogen-bond acceptors (Lipinski definition) is 2. The minimum absolute atomic E-state index is 0.718. The number of imidazole rings is 1. The number of piperidine rings is 1. The molecule has 0 amide bonds. The van der Waals surface area contributed by atoms with Gasteiger partial charge in [0.1, 0.15) is 5.82 Å². The zero-order valence-corrected chi connectivity index (χ0v) is 12.9. The van der Waals surface area contributed by atoms with Gasteiger partial charge in [0.25, 0.3) is 0 Å². The number of likely N-dealkylation sites (tertiary alicyclic amines) is 1. The molecule has 3 heteroatoms. The lowest BCUT2D eigenvalue weighted by Crippen LogP contribution is -2.35. The van der Waals surface area contributed by atoms with Gasteiger partial charge in [0.05, 0.1) is 0 Å². The summed E-state index contributed by atoms with van der Waals surface area (Å²) in [4.78, 5) is 6.92. The van der Waals surface area contributed by atoms with Crippen molar-refractivity contribution in [2.45, 2.75) is 38.6 Å². The van der Waals surface area contributed by atoms with Crippen LogP contribution in [0.1, 0.15) is 36.6 Å². The molecule has 1 aliphatic rings. The van der Waals surface area contributed by atoms with Crippen LogP contribution in [0.4, 0.5) is 0 Å². The Labute approximate surface area is 127 Å². The van der Waals surface area contributed by atoms with Gasteiger partial charge >= 0.3 is 0 Å². The molecular formula is C18H25N3. The van der Waals surface area contributed by atoms with Crippen LogP contribution in [0.2, 0.25) is 0 Å². The van der Waals surface area contributed by atoms with E-state index >= 15 is 0 Å². The van der Waals surface area contributed by atoms with Crippen molar-refractivity contribution in [3.8, 4) is 0 Å². The van der Waals surface area contributed by atoms with Gasteiger partial charge in [-0.3, -0.25) is 0 Å². The highest BCUT2D eigenvalue weighted by atomic mass is 15.1. The molecular weight excluding hydrogens is 258 g/mol. The topological polar surface area (TPSA) is 21.1 Å². The highest BCUT2D eigenvalue weighted by molar-refractivity contribution is 5.20. The average molecular weight is 283 g/mol. The first kappa shape index (κ1) is 14.3. The van der Waals surface area contributed by atoms with Crippen molar-refractivity contribution in [2.24, 2.45) is 0 Å². The van der Waals surface area contributed by atoms with Gasteiger partial charge in [-0.1, -0.05) is 30.3 Å². The normalized spacial score (nSPS) is 19.8. The molecule has 3 nitrogen and oxygen atoms in total. The second-order valence-electron chi connectivity index (χ2n) is 6.07. The van der Waals surface area contributed by atoms with Crippen molar-refractivity contribution in [3.63, 3.8) is 0 Å². The van der Waals surface area contributed by atoms with Crippen LogP contribution in [-0.4, -0.2) is 34.1 Å². The number of rotatable bonds is 5. The predicted molar refractivity (Wildman–Crippen MR) is 86.4 cm³/mol. The minimum Gasteiger partial charge on any atom is -0.335 e. The fourth-order valence-corrected chi connectivity index (χ4v) is 3.36. The van der Waals surface area contributed by atoms with Crippen LogP contribution >= 0.6 is 0 Å². The number of aryl methyl sites for hydroxylation is 2. The number of hydrogen-bond donors (Lipinski definition) is 0. The second-order valence-corrected chi connectivity index (χ2v) is 6.07. The van der Waals surface area contributed by atoms with Crippen molar-refractivity contribution < 1.29 is 0 Å². The van der Waals surface area contributed by atoms with Crippen LogP contribution in [0.15, 0.2) is 42.7 Å². The molecule has 112 valence electrons. The highest BCUT2D eigenvalue weighted by Gasteiger charge is 2.20. The molecule has 1 aliphatic heterocycles. The molecule has 21 heavy (non-hydrogen) atoms. The van der Waals surface area contributed by atoms with E-state index in [-0.39, 0.29) is 0 Å². The van der Waals surface area contributed by atoms with E-state index in [1.807, 2.05) is 6.20 Å². The van der Waals surface area contributed by atoms with Crippen molar-refractivity contribution in [1.82, 2.24) is 14.5 Å². The van der Waals surface area contributed by atoms with Crippen molar-refractivity contribution in [3.05, 3.63) is 54.1 Å². The quantitative estimate of drug-likeness (QED) is 0.838. The molecule has 0 spiro atoms. The molecule has 1 fully saturated rings. The fourth-order valence-electron chi connectivity index (χ4n) is 3.36. The Kier molecular flexibility index (Phi) is 4.71. The first-order valence-corrected chi connectivity index (χ1v) is 8.08. The van der Waals surface area contributed by atoms with Gasteiger partial charge in [-0.2, -0.15) is 0 Å². The molecule has 0 radical (unpaired) electrons. The standard InChI is InChI=1S/C18H25N3/c1-16-19-10-14-21(16)13-6-12-20-11-5-9-18(15-20)17-7-3-2-4-8-17/h2-4,7-8,10,14,18H,5-6,9,11-13,15H2,1H3. The molecule has 0 aliphatic carbocycles. The van der Waals surface area contributed by atoms with Crippen molar-refractivity contribution >= 4 is 0 Å². The molecule has 1 aromatic heterocycles. The van der Waals surface area contributed by atoms with Gasteiger partial charge in [-0.25, -0.2) is 4.98 Å². The lowest BCUT2D eigenvalue weighted by molar-refractivity contribution is 0.202. The van der Waals surface area contributed by atoms with E-state index in [0.29, 0.717) is 0 Å². The lowest BCUT2D eigenvalue weighted by Gasteiger charge is -2.33. The van der Waals surface area contributed by atoms with E-state index in [0.717, 1.165) is 18.3 Å².